The number of hydrogen-bond donors (Lipinski definition) is 0. The van der Waals surface area contributed by atoms with Gasteiger partial charge < -0.3 is 23.8 Å². The van der Waals surface area contributed by atoms with Crippen molar-refractivity contribution in [3.8, 4) is 11.9 Å². The van der Waals surface area contributed by atoms with E-state index in [9.17, 15) is 4.79 Å². The summed E-state index contributed by atoms with van der Waals surface area (Å²) in [6.07, 6.45) is 1.88. The summed E-state index contributed by atoms with van der Waals surface area (Å²) in [5, 5.41) is 12.6. The second-order valence-corrected chi connectivity index (χ2v) is 7.89. The van der Waals surface area contributed by atoms with E-state index < -0.39 is 18.0 Å². The lowest BCUT2D eigenvalue weighted by molar-refractivity contribution is 0.102. The summed E-state index contributed by atoms with van der Waals surface area (Å²) >= 11 is 0. The van der Waals surface area contributed by atoms with Gasteiger partial charge in [0, 0.05) is 38.4 Å². The molecule has 2 aliphatic heterocycles. The number of nitriles is 1. The Morgan fingerprint density at radius 1 is 1.15 bits per heavy atom. The molecule has 1 atom stereocenters. The van der Waals surface area contributed by atoms with Crippen LogP contribution in [0.3, 0.4) is 0 Å². The highest BCUT2D eigenvalue weighted by Crippen LogP contribution is 2.29. The standard InChI is InChI=1S/C23H21FN6O4/c24-19-11-17(30-14-18(34-23(30)31)15-32-22-5-10-33-27-22)2-3-20(19)28-6-8-29(9-7-28)21-4-1-16(12-25)13-26-21/h1-5,10-11,13,18H,6-9,14-15H2/t18-/m1/s1. The summed E-state index contributed by atoms with van der Waals surface area (Å²) in [6.45, 7) is 2.94. The first-order valence-corrected chi connectivity index (χ1v) is 10.8. The molecule has 34 heavy (non-hydrogen) atoms. The van der Waals surface area contributed by atoms with Gasteiger partial charge in [0.2, 0.25) is 0 Å². The van der Waals surface area contributed by atoms with Crippen LogP contribution in [0.2, 0.25) is 0 Å². The summed E-state index contributed by atoms with van der Waals surface area (Å²) in [5.74, 6) is 0.696. The maximum absolute atomic E-state index is 15.0. The molecule has 1 amide bonds. The molecule has 5 rings (SSSR count). The van der Waals surface area contributed by atoms with Crippen molar-refractivity contribution in [2.24, 2.45) is 0 Å². The topological polar surface area (TPSA) is 108 Å². The van der Waals surface area contributed by atoms with E-state index in [-0.39, 0.29) is 13.2 Å². The van der Waals surface area contributed by atoms with Gasteiger partial charge in [-0.3, -0.25) is 4.90 Å². The summed E-state index contributed by atoms with van der Waals surface area (Å²) in [4.78, 5) is 22.1. The van der Waals surface area contributed by atoms with Crippen molar-refractivity contribution < 1.29 is 23.2 Å². The summed E-state index contributed by atoms with van der Waals surface area (Å²) in [5.41, 5.74) is 1.42. The van der Waals surface area contributed by atoms with E-state index in [1.54, 1.807) is 30.5 Å². The van der Waals surface area contributed by atoms with E-state index in [4.69, 9.17) is 19.3 Å². The third-order valence-corrected chi connectivity index (χ3v) is 5.77. The van der Waals surface area contributed by atoms with Crippen LogP contribution < -0.4 is 19.4 Å². The minimum atomic E-state index is -0.551. The molecule has 11 heteroatoms. The fraction of sp³-hybridized carbons (Fsp3) is 0.304. The van der Waals surface area contributed by atoms with E-state index in [1.165, 1.54) is 17.2 Å². The maximum Gasteiger partial charge on any atom is 0.414 e. The number of benzene rings is 1. The van der Waals surface area contributed by atoms with E-state index in [0.29, 0.717) is 49.0 Å². The Balaban J connectivity index is 1.19. The van der Waals surface area contributed by atoms with Gasteiger partial charge in [0.05, 0.1) is 23.5 Å². The Morgan fingerprint density at radius 3 is 2.65 bits per heavy atom. The van der Waals surface area contributed by atoms with Gasteiger partial charge in [-0.2, -0.15) is 5.26 Å². The molecule has 3 aromatic rings. The number of nitrogens with zero attached hydrogens (tertiary/aromatic N) is 6. The first-order chi connectivity index (χ1) is 16.6. The second kappa shape index (κ2) is 9.27. The molecule has 2 fully saturated rings. The Kier molecular flexibility index (Phi) is 5.86. The van der Waals surface area contributed by atoms with Crippen LogP contribution in [0.4, 0.5) is 26.4 Å². The SMILES string of the molecule is N#Cc1ccc(N2CCN(c3ccc(N4C[C@H](COc5ccon5)OC4=O)cc3F)CC2)nc1. The molecule has 0 radical (unpaired) electrons. The van der Waals surface area contributed by atoms with Crippen molar-refractivity contribution in [3.63, 3.8) is 0 Å². The Hall–Kier alpha value is -4.33. The first kappa shape index (κ1) is 21.5. The fourth-order valence-corrected chi connectivity index (χ4v) is 4.01. The fourth-order valence-electron chi connectivity index (χ4n) is 4.01. The number of carbonyl (C=O) groups excluding carboxylic acids is 1. The highest BCUT2D eigenvalue weighted by Gasteiger charge is 2.33. The molecule has 4 heterocycles. The smallest absolute Gasteiger partial charge is 0.414 e. The quantitative estimate of drug-likeness (QED) is 0.544. The number of amides is 1. The van der Waals surface area contributed by atoms with Crippen LogP contribution in [0.5, 0.6) is 5.88 Å². The lowest BCUT2D eigenvalue weighted by Crippen LogP contribution is -2.47. The van der Waals surface area contributed by atoms with Crippen molar-refractivity contribution in [2.45, 2.75) is 6.10 Å². The molecule has 0 unspecified atom stereocenters. The van der Waals surface area contributed by atoms with Gasteiger partial charge in [-0.05, 0) is 35.5 Å². The zero-order valence-corrected chi connectivity index (χ0v) is 18.1. The predicted molar refractivity (Wildman–Crippen MR) is 119 cm³/mol. The number of ether oxygens (including phenoxy) is 2. The Morgan fingerprint density at radius 2 is 1.97 bits per heavy atom. The molecule has 0 bridgehead atoms. The van der Waals surface area contributed by atoms with Crippen molar-refractivity contribution in [3.05, 3.63) is 60.2 Å². The molecule has 0 aliphatic carbocycles. The van der Waals surface area contributed by atoms with Crippen LogP contribution >= 0.6 is 0 Å². The molecule has 10 nitrogen and oxygen atoms in total. The molecule has 0 N–H and O–H groups in total. The Bertz CT molecular complexity index is 1190. The molecular weight excluding hydrogens is 443 g/mol. The number of carbonyl (C=O) groups is 1. The Labute approximate surface area is 194 Å². The van der Waals surface area contributed by atoms with E-state index >= 15 is 4.39 Å². The van der Waals surface area contributed by atoms with Crippen LogP contribution in [0.25, 0.3) is 0 Å². The minimum absolute atomic E-state index is 0.119. The zero-order chi connectivity index (χ0) is 23.5. The third-order valence-electron chi connectivity index (χ3n) is 5.77. The van der Waals surface area contributed by atoms with Gasteiger partial charge in [-0.1, -0.05) is 0 Å². The number of aromatic nitrogens is 2. The van der Waals surface area contributed by atoms with E-state index in [2.05, 4.69) is 21.1 Å². The molecule has 0 saturated carbocycles. The van der Waals surface area contributed by atoms with E-state index in [1.807, 2.05) is 11.0 Å². The molecule has 2 aliphatic rings. The summed E-state index contributed by atoms with van der Waals surface area (Å²) < 4.78 is 30.5. The van der Waals surface area contributed by atoms with Gasteiger partial charge in [-0.15, -0.1) is 0 Å². The number of rotatable bonds is 6. The van der Waals surface area contributed by atoms with Crippen LogP contribution in [0.15, 0.2) is 53.4 Å². The number of anilines is 3. The van der Waals surface area contributed by atoms with Crippen LogP contribution in [0, 0.1) is 17.1 Å². The van der Waals surface area contributed by atoms with Gasteiger partial charge >= 0.3 is 6.09 Å². The van der Waals surface area contributed by atoms with Crippen molar-refractivity contribution >= 4 is 23.3 Å². The lowest BCUT2D eigenvalue weighted by atomic mass is 10.2. The molecule has 2 saturated heterocycles. The van der Waals surface area contributed by atoms with Crippen LogP contribution in [-0.2, 0) is 4.74 Å². The van der Waals surface area contributed by atoms with Gasteiger partial charge in [0.1, 0.15) is 30.6 Å². The monoisotopic (exact) mass is 464 g/mol. The summed E-state index contributed by atoms with van der Waals surface area (Å²) in [6, 6.07) is 11.9. The molecule has 174 valence electrons. The van der Waals surface area contributed by atoms with Crippen molar-refractivity contribution in [1.82, 2.24) is 10.1 Å². The number of pyridine rings is 1. The molecule has 2 aromatic heterocycles. The number of cyclic esters (lactones) is 1. The second-order valence-electron chi connectivity index (χ2n) is 7.89. The normalized spacial score (nSPS) is 18.1. The first-order valence-electron chi connectivity index (χ1n) is 10.8. The van der Waals surface area contributed by atoms with Gasteiger partial charge in [-0.25, -0.2) is 14.2 Å². The number of piperazine rings is 1. The highest BCUT2D eigenvalue weighted by molar-refractivity contribution is 5.90. The largest absolute Gasteiger partial charge is 0.471 e. The van der Waals surface area contributed by atoms with Crippen molar-refractivity contribution in [1.29, 1.82) is 5.26 Å². The maximum atomic E-state index is 15.0. The highest BCUT2D eigenvalue weighted by atomic mass is 19.1. The molecule has 1 aromatic carbocycles. The summed E-state index contributed by atoms with van der Waals surface area (Å²) in [7, 11) is 0. The predicted octanol–water partition coefficient (Wildman–Crippen LogP) is 2.81. The third kappa shape index (κ3) is 4.43. The van der Waals surface area contributed by atoms with Gasteiger partial charge in [0.25, 0.3) is 5.88 Å². The van der Waals surface area contributed by atoms with Crippen molar-refractivity contribution in [2.75, 3.05) is 54.0 Å². The minimum Gasteiger partial charge on any atom is -0.471 e. The lowest BCUT2D eigenvalue weighted by Gasteiger charge is -2.37. The zero-order valence-electron chi connectivity index (χ0n) is 18.1. The van der Waals surface area contributed by atoms with Crippen LogP contribution in [-0.4, -0.2) is 61.7 Å². The van der Waals surface area contributed by atoms with Crippen LogP contribution in [0.1, 0.15) is 5.56 Å². The molecule has 0 spiro atoms. The van der Waals surface area contributed by atoms with Gasteiger partial charge in [0.15, 0.2) is 6.10 Å². The molecular formula is C23H21FN6O4. The number of halogens is 1. The number of hydrogen-bond acceptors (Lipinski definition) is 9. The van der Waals surface area contributed by atoms with E-state index in [0.717, 1.165) is 5.82 Å². The average molecular weight is 464 g/mol. The average Bonchev–Trinajstić information content (AvgIpc) is 3.52.